The molecule has 2 aromatic rings. The topological polar surface area (TPSA) is 70.7 Å². The summed E-state index contributed by atoms with van der Waals surface area (Å²) >= 11 is 0. The highest BCUT2D eigenvalue weighted by atomic mass is 16.5. The first kappa shape index (κ1) is 17.3. The van der Waals surface area contributed by atoms with E-state index in [0.29, 0.717) is 17.0 Å². The zero-order valence-electron chi connectivity index (χ0n) is 14.0. The van der Waals surface area contributed by atoms with Crippen LogP contribution in [0, 0.1) is 0 Å². The lowest BCUT2D eigenvalue weighted by atomic mass is 10.2. The highest BCUT2D eigenvalue weighted by molar-refractivity contribution is 5.95. The number of nitrogens with zero attached hydrogens (tertiary/aromatic N) is 1. The fourth-order valence-electron chi connectivity index (χ4n) is 2.08. The molecule has 126 valence electrons. The van der Waals surface area contributed by atoms with Gasteiger partial charge in [-0.25, -0.2) is 0 Å². The van der Waals surface area contributed by atoms with Gasteiger partial charge >= 0.3 is 0 Å². The number of anilines is 2. The molecule has 2 rings (SSSR count). The molecule has 2 N–H and O–H groups in total. The summed E-state index contributed by atoms with van der Waals surface area (Å²) in [6.07, 6.45) is 0. The van der Waals surface area contributed by atoms with Crippen LogP contribution in [0.15, 0.2) is 48.5 Å². The van der Waals surface area contributed by atoms with Gasteiger partial charge < -0.3 is 20.3 Å². The summed E-state index contributed by atoms with van der Waals surface area (Å²) in [5, 5.41) is 5.81. The van der Waals surface area contributed by atoms with Crippen LogP contribution >= 0.6 is 0 Å². The van der Waals surface area contributed by atoms with E-state index in [1.165, 1.54) is 4.90 Å². The molecule has 2 amide bonds. The Morgan fingerprint density at radius 1 is 1.04 bits per heavy atom. The average molecular weight is 327 g/mol. The molecular formula is C18H21N3O3. The minimum absolute atomic E-state index is 0.0580. The van der Waals surface area contributed by atoms with Crippen molar-refractivity contribution in [3.8, 4) is 5.75 Å². The first-order valence-corrected chi connectivity index (χ1v) is 7.49. The number of rotatable bonds is 6. The summed E-state index contributed by atoms with van der Waals surface area (Å²) in [7, 11) is 4.99. The smallest absolute Gasteiger partial charge is 0.253 e. The van der Waals surface area contributed by atoms with Crippen molar-refractivity contribution in [2.45, 2.75) is 0 Å². The van der Waals surface area contributed by atoms with Crippen LogP contribution in [-0.2, 0) is 4.79 Å². The third-order valence-electron chi connectivity index (χ3n) is 3.34. The number of benzene rings is 2. The van der Waals surface area contributed by atoms with Crippen LogP contribution < -0.4 is 15.4 Å². The molecule has 0 aliphatic carbocycles. The largest absolute Gasteiger partial charge is 0.497 e. The summed E-state index contributed by atoms with van der Waals surface area (Å²) in [5.41, 5.74) is 2.05. The SMILES string of the molecule is COc1cccc(NC(=O)CNc2ccc(C(=O)N(C)C)cc2)c1. The molecule has 0 unspecified atom stereocenters. The Labute approximate surface area is 141 Å². The molecule has 0 saturated carbocycles. The number of hydrogen-bond acceptors (Lipinski definition) is 4. The number of methoxy groups -OCH3 is 1. The van der Waals surface area contributed by atoms with E-state index in [4.69, 9.17) is 4.74 Å². The van der Waals surface area contributed by atoms with Gasteiger partial charge in [0, 0.05) is 37.1 Å². The van der Waals surface area contributed by atoms with Gasteiger partial charge in [0.1, 0.15) is 5.75 Å². The summed E-state index contributed by atoms with van der Waals surface area (Å²) in [6, 6.07) is 14.2. The van der Waals surface area contributed by atoms with Gasteiger partial charge in [-0.1, -0.05) is 6.07 Å². The molecule has 0 saturated heterocycles. The quantitative estimate of drug-likeness (QED) is 0.855. The predicted octanol–water partition coefficient (Wildman–Crippen LogP) is 2.45. The predicted molar refractivity (Wildman–Crippen MR) is 94.6 cm³/mol. The van der Waals surface area contributed by atoms with Crippen LogP contribution in [0.1, 0.15) is 10.4 Å². The van der Waals surface area contributed by atoms with Crippen molar-refractivity contribution in [3.05, 3.63) is 54.1 Å². The fraction of sp³-hybridized carbons (Fsp3) is 0.222. The fourth-order valence-corrected chi connectivity index (χ4v) is 2.08. The van der Waals surface area contributed by atoms with E-state index >= 15 is 0 Å². The standard InChI is InChI=1S/C18H21N3O3/c1-21(2)18(23)13-7-9-14(10-8-13)19-12-17(22)20-15-5-4-6-16(11-15)24-3/h4-11,19H,12H2,1-3H3,(H,20,22). The number of nitrogens with one attached hydrogen (secondary N) is 2. The summed E-state index contributed by atoms with van der Waals surface area (Å²) in [4.78, 5) is 25.3. The third-order valence-corrected chi connectivity index (χ3v) is 3.34. The summed E-state index contributed by atoms with van der Waals surface area (Å²) in [5.74, 6) is 0.455. The molecule has 0 radical (unpaired) electrons. The van der Waals surface area contributed by atoms with Crippen molar-refractivity contribution in [1.82, 2.24) is 4.90 Å². The Morgan fingerprint density at radius 2 is 1.75 bits per heavy atom. The molecular weight excluding hydrogens is 306 g/mol. The molecule has 0 fully saturated rings. The molecule has 0 aromatic heterocycles. The summed E-state index contributed by atoms with van der Waals surface area (Å²) in [6.45, 7) is 0.123. The number of carbonyl (C=O) groups is 2. The zero-order chi connectivity index (χ0) is 17.5. The van der Waals surface area contributed by atoms with Gasteiger partial charge in [-0.3, -0.25) is 9.59 Å². The molecule has 0 aliphatic heterocycles. The van der Waals surface area contributed by atoms with E-state index in [1.807, 2.05) is 12.1 Å². The van der Waals surface area contributed by atoms with E-state index in [9.17, 15) is 9.59 Å². The second-order valence-electron chi connectivity index (χ2n) is 5.41. The van der Waals surface area contributed by atoms with Crippen LogP contribution in [0.25, 0.3) is 0 Å². The van der Waals surface area contributed by atoms with E-state index in [2.05, 4.69) is 10.6 Å². The van der Waals surface area contributed by atoms with Crippen LogP contribution in [0.3, 0.4) is 0 Å². The van der Waals surface area contributed by atoms with Crippen molar-refractivity contribution >= 4 is 23.2 Å². The van der Waals surface area contributed by atoms with Gasteiger partial charge in [0.25, 0.3) is 5.91 Å². The van der Waals surface area contributed by atoms with Gasteiger partial charge in [0.2, 0.25) is 5.91 Å². The number of carbonyl (C=O) groups excluding carboxylic acids is 2. The van der Waals surface area contributed by atoms with E-state index in [1.54, 1.807) is 57.6 Å². The maximum absolute atomic E-state index is 12.0. The first-order chi connectivity index (χ1) is 11.5. The Hall–Kier alpha value is -3.02. The van der Waals surface area contributed by atoms with Gasteiger partial charge in [0.05, 0.1) is 13.7 Å². The monoisotopic (exact) mass is 327 g/mol. The van der Waals surface area contributed by atoms with E-state index < -0.39 is 0 Å². The summed E-state index contributed by atoms with van der Waals surface area (Å²) < 4.78 is 5.12. The Morgan fingerprint density at radius 3 is 2.38 bits per heavy atom. The zero-order valence-corrected chi connectivity index (χ0v) is 14.0. The average Bonchev–Trinajstić information content (AvgIpc) is 2.60. The second-order valence-corrected chi connectivity index (χ2v) is 5.41. The Balaban J connectivity index is 1.88. The van der Waals surface area contributed by atoms with Gasteiger partial charge in [0.15, 0.2) is 0 Å². The molecule has 0 aliphatic rings. The lowest BCUT2D eigenvalue weighted by molar-refractivity contribution is -0.114. The van der Waals surface area contributed by atoms with E-state index in [0.717, 1.165) is 5.69 Å². The highest BCUT2D eigenvalue weighted by Gasteiger charge is 2.08. The van der Waals surface area contributed by atoms with Crippen LogP contribution in [0.2, 0.25) is 0 Å². The molecule has 0 spiro atoms. The lowest BCUT2D eigenvalue weighted by Gasteiger charge is -2.11. The molecule has 0 atom stereocenters. The second kappa shape index (κ2) is 8.01. The van der Waals surface area contributed by atoms with Crippen molar-refractivity contribution in [3.63, 3.8) is 0 Å². The molecule has 2 aromatic carbocycles. The van der Waals surface area contributed by atoms with Crippen molar-refractivity contribution in [1.29, 1.82) is 0 Å². The molecule has 6 heteroatoms. The van der Waals surface area contributed by atoms with Crippen LogP contribution in [-0.4, -0.2) is 44.5 Å². The van der Waals surface area contributed by atoms with Crippen molar-refractivity contribution in [2.24, 2.45) is 0 Å². The minimum Gasteiger partial charge on any atom is -0.497 e. The maximum atomic E-state index is 12.0. The lowest BCUT2D eigenvalue weighted by Crippen LogP contribution is -2.22. The van der Waals surface area contributed by atoms with Gasteiger partial charge in [-0.05, 0) is 36.4 Å². The van der Waals surface area contributed by atoms with Crippen LogP contribution in [0.4, 0.5) is 11.4 Å². The molecule has 0 bridgehead atoms. The van der Waals surface area contributed by atoms with Crippen molar-refractivity contribution in [2.75, 3.05) is 38.4 Å². The van der Waals surface area contributed by atoms with E-state index in [-0.39, 0.29) is 18.4 Å². The highest BCUT2D eigenvalue weighted by Crippen LogP contribution is 2.16. The number of hydrogen-bond donors (Lipinski definition) is 2. The molecule has 6 nitrogen and oxygen atoms in total. The molecule has 0 heterocycles. The minimum atomic E-state index is -0.170. The third kappa shape index (κ3) is 4.74. The normalized spacial score (nSPS) is 9.96. The van der Waals surface area contributed by atoms with Crippen molar-refractivity contribution < 1.29 is 14.3 Å². The first-order valence-electron chi connectivity index (χ1n) is 7.49. The van der Waals surface area contributed by atoms with Gasteiger partial charge in [-0.15, -0.1) is 0 Å². The number of ether oxygens (including phenoxy) is 1. The molecule has 24 heavy (non-hydrogen) atoms. The Kier molecular flexibility index (Phi) is 5.78. The van der Waals surface area contributed by atoms with Gasteiger partial charge in [-0.2, -0.15) is 0 Å². The number of amides is 2. The van der Waals surface area contributed by atoms with Crippen LogP contribution in [0.5, 0.6) is 5.75 Å². The Bertz CT molecular complexity index is 712. The maximum Gasteiger partial charge on any atom is 0.253 e.